The minimum atomic E-state index is -0.840. The van der Waals surface area contributed by atoms with Crippen LogP contribution < -0.4 is 5.32 Å². The Balaban J connectivity index is 2.14. The van der Waals surface area contributed by atoms with Crippen molar-refractivity contribution >= 4 is 17.7 Å². The first-order valence-electron chi connectivity index (χ1n) is 8.04. The van der Waals surface area contributed by atoms with Crippen molar-refractivity contribution in [2.45, 2.75) is 37.8 Å². The minimum absolute atomic E-state index is 0.112. The Labute approximate surface area is 141 Å². The molecule has 24 heavy (non-hydrogen) atoms. The Morgan fingerprint density at radius 3 is 2.50 bits per heavy atom. The largest absolute Gasteiger partial charge is 0.467 e. The molecule has 1 saturated carbocycles. The molecule has 1 aromatic rings. The van der Waals surface area contributed by atoms with Gasteiger partial charge in [-0.1, -0.05) is 30.3 Å². The van der Waals surface area contributed by atoms with E-state index in [0.717, 1.165) is 6.42 Å². The summed E-state index contributed by atoms with van der Waals surface area (Å²) < 4.78 is 10.1. The van der Waals surface area contributed by atoms with Crippen LogP contribution in [0.4, 0.5) is 0 Å². The molecule has 0 aliphatic heterocycles. The number of amides is 1. The number of hydrogen-bond acceptors (Lipinski definition) is 5. The lowest BCUT2D eigenvalue weighted by Crippen LogP contribution is -2.49. The number of ketones is 1. The van der Waals surface area contributed by atoms with Crippen molar-refractivity contribution in [3.05, 3.63) is 35.9 Å². The normalized spacial score (nSPS) is 20.1. The van der Waals surface area contributed by atoms with Crippen LogP contribution in [-0.4, -0.2) is 37.9 Å². The number of benzene rings is 1. The molecule has 0 aromatic heterocycles. The number of carbonyl (C=O) groups is 3. The van der Waals surface area contributed by atoms with Gasteiger partial charge in [-0.05, 0) is 24.3 Å². The van der Waals surface area contributed by atoms with Crippen LogP contribution in [-0.2, 0) is 23.9 Å². The zero-order valence-electron chi connectivity index (χ0n) is 14.0. The second-order valence-corrected chi connectivity index (χ2v) is 5.93. The quantitative estimate of drug-likeness (QED) is 0.803. The average molecular weight is 333 g/mol. The number of rotatable bonds is 6. The van der Waals surface area contributed by atoms with E-state index in [-0.39, 0.29) is 18.1 Å². The van der Waals surface area contributed by atoms with E-state index in [1.54, 1.807) is 12.1 Å². The Kier molecular flexibility index (Phi) is 6.49. The van der Waals surface area contributed by atoms with E-state index in [2.05, 4.69) is 5.32 Å². The van der Waals surface area contributed by atoms with Gasteiger partial charge < -0.3 is 14.8 Å². The summed E-state index contributed by atoms with van der Waals surface area (Å²) in [4.78, 5) is 36.4. The van der Waals surface area contributed by atoms with E-state index in [9.17, 15) is 14.4 Å². The molecule has 0 spiro atoms. The second-order valence-electron chi connectivity index (χ2n) is 5.93. The van der Waals surface area contributed by atoms with Crippen molar-refractivity contribution < 1.29 is 23.9 Å². The lowest BCUT2D eigenvalue weighted by molar-refractivity contribution is -0.149. The molecule has 3 atom stereocenters. The first-order chi connectivity index (χ1) is 11.6. The molecule has 6 heteroatoms. The molecule has 1 aliphatic carbocycles. The molecule has 130 valence electrons. The molecule has 0 unspecified atom stereocenters. The molecule has 1 fully saturated rings. The highest BCUT2D eigenvalue weighted by Gasteiger charge is 2.35. The summed E-state index contributed by atoms with van der Waals surface area (Å²) in [6.45, 7) is 0. The first-order valence-corrected chi connectivity index (χ1v) is 8.04. The number of esters is 1. The minimum Gasteiger partial charge on any atom is -0.467 e. The van der Waals surface area contributed by atoms with Gasteiger partial charge in [0, 0.05) is 20.0 Å². The van der Waals surface area contributed by atoms with Crippen molar-refractivity contribution in [1.82, 2.24) is 5.32 Å². The number of Topliss-reactive ketones (excluding diaryl/α,β-unsaturated/α-hetero) is 1. The topological polar surface area (TPSA) is 81.7 Å². The van der Waals surface area contributed by atoms with Crippen molar-refractivity contribution in [3.63, 3.8) is 0 Å². The third-order valence-electron chi connectivity index (χ3n) is 4.32. The maximum atomic E-state index is 12.6. The van der Waals surface area contributed by atoms with Gasteiger partial charge >= 0.3 is 5.97 Å². The van der Waals surface area contributed by atoms with Gasteiger partial charge in [0.15, 0.2) is 6.10 Å². The van der Waals surface area contributed by atoms with E-state index in [1.165, 1.54) is 14.2 Å². The van der Waals surface area contributed by atoms with Gasteiger partial charge in [-0.3, -0.25) is 9.59 Å². The number of hydrogen-bond donors (Lipinski definition) is 1. The molecule has 1 amide bonds. The molecule has 1 aliphatic rings. The molecule has 1 aromatic carbocycles. The summed E-state index contributed by atoms with van der Waals surface area (Å²) >= 11 is 0. The number of carbonyl (C=O) groups excluding carboxylic acids is 3. The van der Waals surface area contributed by atoms with Crippen molar-refractivity contribution in [2.75, 3.05) is 14.2 Å². The Morgan fingerprint density at radius 1 is 1.21 bits per heavy atom. The third kappa shape index (κ3) is 4.41. The number of methoxy groups -OCH3 is 2. The van der Waals surface area contributed by atoms with Crippen molar-refractivity contribution in [2.24, 2.45) is 5.92 Å². The lowest BCUT2D eigenvalue weighted by Gasteiger charge is -2.29. The van der Waals surface area contributed by atoms with Crippen LogP contribution in [0.15, 0.2) is 30.3 Å². The fraction of sp³-hybridized carbons (Fsp3) is 0.500. The standard InChI is InChI=1S/C18H23NO5/c1-23-16(12-7-4-3-5-8-12)17(21)19-15(18(22)24-2)13-9-6-10-14(20)11-13/h3-5,7-8,13,15-16H,6,9-11H2,1-2H3,(H,19,21)/t13-,15+,16-/m1/s1. The summed E-state index contributed by atoms with van der Waals surface area (Å²) in [7, 11) is 2.71. The summed E-state index contributed by atoms with van der Waals surface area (Å²) in [5, 5.41) is 2.72. The van der Waals surface area contributed by atoms with Crippen molar-refractivity contribution in [1.29, 1.82) is 0 Å². The second kappa shape index (κ2) is 8.59. The summed E-state index contributed by atoms with van der Waals surface area (Å²) in [6, 6.07) is 8.20. The monoisotopic (exact) mass is 333 g/mol. The third-order valence-corrected chi connectivity index (χ3v) is 4.32. The Hall–Kier alpha value is -2.21. The molecule has 6 nitrogen and oxygen atoms in total. The van der Waals surface area contributed by atoms with Crippen LogP contribution in [0, 0.1) is 5.92 Å². The summed E-state index contributed by atoms with van der Waals surface area (Å²) in [5.41, 5.74) is 0.695. The van der Waals surface area contributed by atoms with Crippen LogP contribution in [0.1, 0.15) is 37.4 Å². The van der Waals surface area contributed by atoms with Gasteiger partial charge in [0.25, 0.3) is 5.91 Å². The maximum absolute atomic E-state index is 12.6. The molecule has 0 saturated heterocycles. The van der Waals surface area contributed by atoms with E-state index in [1.807, 2.05) is 18.2 Å². The first kappa shape index (κ1) is 18.1. The Morgan fingerprint density at radius 2 is 1.92 bits per heavy atom. The smallest absolute Gasteiger partial charge is 0.328 e. The zero-order valence-corrected chi connectivity index (χ0v) is 14.0. The summed E-state index contributed by atoms with van der Waals surface area (Å²) in [6.07, 6.45) is 1.41. The maximum Gasteiger partial charge on any atom is 0.328 e. The van der Waals surface area contributed by atoms with Crippen LogP contribution >= 0.6 is 0 Å². The molecule has 0 bridgehead atoms. The SMILES string of the molecule is COC(=O)[C@@H](NC(=O)[C@H](OC)c1ccccc1)[C@@H]1CCCC(=O)C1. The van der Waals surface area contributed by atoms with Gasteiger partial charge in [0.1, 0.15) is 11.8 Å². The number of ether oxygens (including phenoxy) is 2. The molecule has 1 N–H and O–H groups in total. The van der Waals surface area contributed by atoms with E-state index in [0.29, 0.717) is 18.4 Å². The molecular formula is C18H23NO5. The van der Waals surface area contributed by atoms with Crippen LogP contribution in [0.2, 0.25) is 0 Å². The molecule has 0 heterocycles. The van der Waals surface area contributed by atoms with Gasteiger partial charge in [0.05, 0.1) is 7.11 Å². The predicted molar refractivity (Wildman–Crippen MR) is 87.1 cm³/mol. The van der Waals surface area contributed by atoms with Gasteiger partial charge in [-0.2, -0.15) is 0 Å². The van der Waals surface area contributed by atoms with Gasteiger partial charge in [-0.15, -0.1) is 0 Å². The van der Waals surface area contributed by atoms with Crippen molar-refractivity contribution in [3.8, 4) is 0 Å². The predicted octanol–water partition coefficient (Wildman–Crippen LogP) is 1.79. The van der Waals surface area contributed by atoms with Gasteiger partial charge in [0.2, 0.25) is 0 Å². The fourth-order valence-corrected chi connectivity index (χ4v) is 3.09. The highest BCUT2D eigenvalue weighted by molar-refractivity contribution is 5.89. The highest BCUT2D eigenvalue weighted by atomic mass is 16.5. The Bertz CT molecular complexity index is 586. The lowest BCUT2D eigenvalue weighted by atomic mass is 9.83. The van der Waals surface area contributed by atoms with Crippen LogP contribution in [0.5, 0.6) is 0 Å². The van der Waals surface area contributed by atoms with E-state index in [4.69, 9.17) is 9.47 Å². The highest BCUT2D eigenvalue weighted by Crippen LogP contribution is 2.26. The van der Waals surface area contributed by atoms with E-state index < -0.39 is 24.0 Å². The molecule has 0 radical (unpaired) electrons. The molecule has 2 rings (SSSR count). The average Bonchev–Trinajstić information content (AvgIpc) is 2.60. The fourth-order valence-electron chi connectivity index (χ4n) is 3.09. The summed E-state index contributed by atoms with van der Waals surface area (Å²) in [5.74, 6) is -1.08. The molecular weight excluding hydrogens is 310 g/mol. The van der Waals surface area contributed by atoms with Crippen LogP contribution in [0.3, 0.4) is 0 Å². The van der Waals surface area contributed by atoms with E-state index >= 15 is 0 Å². The number of nitrogens with one attached hydrogen (secondary N) is 1. The van der Waals surface area contributed by atoms with Crippen LogP contribution in [0.25, 0.3) is 0 Å². The zero-order chi connectivity index (χ0) is 17.5. The van der Waals surface area contributed by atoms with Gasteiger partial charge in [-0.25, -0.2) is 4.79 Å².